The molecule has 0 bridgehead atoms. The first-order valence-corrected chi connectivity index (χ1v) is 5.49. The Morgan fingerprint density at radius 3 is 2.23 bits per heavy atom. The maximum absolute atomic E-state index is 9.50. The molecule has 2 N–H and O–H groups in total. The first-order valence-electron chi connectivity index (χ1n) is 5.49. The number of aliphatic hydroxyl groups excluding tert-OH is 2. The molecule has 0 aliphatic carbocycles. The lowest BCUT2D eigenvalue weighted by molar-refractivity contribution is 0.143. The average Bonchev–Trinajstić information content (AvgIpc) is 2.14. The zero-order valence-corrected chi connectivity index (χ0v) is 9.00. The van der Waals surface area contributed by atoms with Crippen molar-refractivity contribution in [3.8, 4) is 0 Å². The minimum Gasteiger partial charge on any atom is -0.396 e. The number of hydrogen-bond acceptors (Lipinski definition) is 2. The van der Waals surface area contributed by atoms with Crippen LogP contribution in [0.5, 0.6) is 0 Å². The van der Waals surface area contributed by atoms with Crippen LogP contribution in [0, 0.1) is 5.92 Å². The maximum Gasteiger partial charge on any atom is 0.0540 e. The van der Waals surface area contributed by atoms with Crippen LogP contribution in [0.25, 0.3) is 0 Å². The van der Waals surface area contributed by atoms with Crippen LogP contribution in [-0.2, 0) is 0 Å². The second kappa shape index (κ2) is 8.52. The summed E-state index contributed by atoms with van der Waals surface area (Å²) in [4.78, 5) is 0. The molecule has 0 radical (unpaired) electrons. The number of hydrogen-bond donors (Lipinski definition) is 2. The van der Waals surface area contributed by atoms with Crippen LogP contribution in [0.3, 0.4) is 0 Å². The van der Waals surface area contributed by atoms with Gasteiger partial charge in [0.1, 0.15) is 0 Å². The summed E-state index contributed by atoms with van der Waals surface area (Å²) < 4.78 is 0. The molecule has 0 amide bonds. The molecule has 80 valence electrons. The molecule has 2 heteroatoms. The number of rotatable bonds is 8. The summed E-state index contributed by atoms with van der Waals surface area (Å²) >= 11 is 0. The van der Waals surface area contributed by atoms with Crippen LogP contribution in [0.15, 0.2) is 0 Å². The summed E-state index contributed by atoms with van der Waals surface area (Å²) in [7, 11) is 0. The van der Waals surface area contributed by atoms with Gasteiger partial charge < -0.3 is 10.2 Å². The molecule has 2 unspecified atom stereocenters. The molecule has 0 spiro atoms. The highest BCUT2D eigenvalue weighted by molar-refractivity contribution is 4.58. The van der Waals surface area contributed by atoms with Gasteiger partial charge in [-0.1, -0.05) is 33.1 Å². The van der Waals surface area contributed by atoms with Crippen molar-refractivity contribution in [1.82, 2.24) is 0 Å². The lowest BCUT2D eigenvalue weighted by Gasteiger charge is -2.11. The van der Waals surface area contributed by atoms with Crippen LogP contribution in [0.1, 0.15) is 52.4 Å². The molecule has 0 aromatic rings. The van der Waals surface area contributed by atoms with Gasteiger partial charge in [-0.05, 0) is 25.2 Å². The third-order valence-corrected chi connectivity index (χ3v) is 2.44. The molecule has 0 saturated heterocycles. The number of unbranched alkanes of at least 4 members (excludes halogenated alkanes) is 1. The lowest BCUT2D eigenvalue weighted by Crippen LogP contribution is -2.08. The van der Waals surface area contributed by atoms with E-state index in [0.717, 1.165) is 38.5 Å². The van der Waals surface area contributed by atoms with Crippen molar-refractivity contribution in [3.63, 3.8) is 0 Å². The normalized spacial score (nSPS) is 15.7. The van der Waals surface area contributed by atoms with E-state index in [1.165, 1.54) is 0 Å². The second-order valence-electron chi connectivity index (χ2n) is 4.01. The SMILES string of the molecule is CCCCC(O)CCCC(C)CO. The van der Waals surface area contributed by atoms with E-state index in [0.29, 0.717) is 5.92 Å². The molecule has 0 fully saturated rings. The van der Waals surface area contributed by atoms with Crippen LogP contribution in [-0.4, -0.2) is 22.9 Å². The molecule has 2 atom stereocenters. The third-order valence-electron chi connectivity index (χ3n) is 2.44. The van der Waals surface area contributed by atoms with E-state index >= 15 is 0 Å². The maximum atomic E-state index is 9.50. The highest BCUT2D eigenvalue weighted by Crippen LogP contribution is 2.12. The highest BCUT2D eigenvalue weighted by atomic mass is 16.3. The molecular weight excluding hydrogens is 164 g/mol. The average molecular weight is 188 g/mol. The van der Waals surface area contributed by atoms with Gasteiger partial charge in [0.25, 0.3) is 0 Å². The fraction of sp³-hybridized carbons (Fsp3) is 1.00. The van der Waals surface area contributed by atoms with E-state index in [2.05, 4.69) is 6.92 Å². The standard InChI is InChI=1S/C11H24O2/c1-3-4-7-11(13)8-5-6-10(2)9-12/h10-13H,3-9H2,1-2H3. The summed E-state index contributed by atoms with van der Waals surface area (Å²) in [6, 6.07) is 0. The first-order chi connectivity index (χ1) is 6.20. The Bertz CT molecular complexity index is 104. The van der Waals surface area contributed by atoms with Crippen molar-refractivity contribution < 1.29 is 10.2 Å². The van der Waals surface area contributed by atoms with Crippen LogP contribution < -0.4 is 0 Å². The summed E-state index contributed by atoms with van der Waals surface area (Å²) in [5, 5.41) is 18.3. The lowest BCUT2D eigenvalue weighted by atomic mass is 10.0. The van der Waals surface area contributed by atoms with Gasteiger partial charge in [0.15, 0.2) is 0 Å². The minimum absolute atomic E-state index is 0.120. The van der Waals surface area contributed by atoms with Gasteiger partial charge in [0, 0.05) is 6.61 Å². The van der Waals surface area contributed by atoms with E-state index < -0.39 is 0 Å². The van der Waals surface area contributed by atoms with Gasteiger partial charge in [-0.2, -0.15) is 0 Å². The quantitative estimate of drug-likeness (QED) is 0.614. The Kier molecular flexibility index (Phi) is 8.46. The summed E-state index contributed by atoms with van der Waals surface area (Å²) in [6.45, 7) is 4.45. The zero-order chi connectivity index (χ0) is 10.1. The summed E-state index contributed by atoms with van der Waals surface area (Å²) in [5.41, 5.74) is 0. The largest absolute Gasteiger partial charge is 0.396 e. The van der Waals surface area contributed by atoms with E-state index in [9.17, 15) is 5.11 Å². The monoisotopic (exact) mass is 188 g/mol. The molecule has 0 aliphatic rings. The van der Waals surface area contributed by atoms with E-state index in [1.807, 2.05) is 6.92 Å². The topological polar surface area (TPSA) is 40.5 Å². The fourth-order valence-electron chi connectivity index (χ4n) is 1.38. The second-order valence-corrected chi connectivity index (χ2v) is 4.01. The van der Waals surface area contributed by atoms with Gasteiger partial charge in [0.2, 0.25) is 0 Å². The van der Waals surface area contributed by atoms with Crippen molar-refractivity contribution in [1.29, 1.82) is 0 Å². The Morgan fingerprint density at radius 2 is 1.69 bits per heavy atom. The van der Waals surface area contributed by atoms with Crippen molar-refractivity contribution >= 4 is 0 Å². The van der Waals surface area contributed by atoms with Gasteiger partial charge in [-0.25, -0.2) is 0 Å². The van der Waals surface area contributed by atoms with Crippen molar-refractivity contribution in [2.45, 2.75) is 58.5 Å². The Balaban J connectivity index is 3.21. The molecular formula is C11H24O2. The molecule has 0 heterocycles. The van der Waals surface area contributed by atoms with Gasteiger partial charge in [-0.15, -0.1) is 0 Å². The molecule has 0 aliphatic heterocycles. The number of aliphatic hydroxyl groups is 2. The molecule has 2 nitrogen and oxygen atoms in total. The van der Waals surface area contributed by atoms with E-state index in [-0.39, 0.29) is 12.7 Å². The van der Waals surface area contributed by atoms with Crippen LogP contribution >= 0.6 is 0 Å². The van der Waals surface area contributed by atoms with Crippen LogP contribution in [0.2, 0.25) is 0 Å². The van der Waals surface area contributed by atoms with E-state index in [1.54, 1.807) is 0 Å². The molecule has 0 aromatic carbocycles. The molecule has 0 rings (SSSR count). The van der Waals surface area contributed by atoms with Crippen LogP contribution in [0.4, 0.5) is 0 Å². The molecule has 13 heavy (non-hydrogen) atoms. The Labute approximate surface area is 82.0 Å². The van der Waals surface area contributed by atoms with Crippen molar-refractivity contribution in [3.05, 3.63) is 0 Å². The van der Waals surface area contributed by atoms with Crippen molar-refractivity contribution in [2.75, 3.05) is 6.61 Å². The smallest absolute Gasteiger partial charge is 0.0540 e. The molecule has 0 saturated carbocycles. The Morgan fingerprint density at radius 1 is 1.08 bits per heavy atom. The highest BCUT2D eigenvalue weighted by Gasteiger charge is 2.05. The summed E-state index contributed by atoms with van der Waals surface area (Å²) in [5.74, 6) is 0.387. The fourth-order valence-corrected chi connectivity index (χ4v) is 1.38. The molecule has 0 aromatic heterocycles. The van der Waals surface area contributed by atoms with Gasteiger partial charge in [0.05, 0.1) is 6.10 Å². The van der Waals surface area contributed by atoms with Gasteiger partial charge in [-0.3, -0.25) is 0 Å². The van der Waals surface area contributed by atoms with Gasteiger partial charge >= 0.3 is 0 Å². The first kappa shape index (κ1) is 12.9. The predicted molar refractivity (Wildman–Crippen MR) is 55.6 cm³/mol. The predicted octanol–water partition coefficient (Wildman–Crippen LogP) is 2.34. The zero-order valence-electron chi connectivity index (χ0n) is 9.00. The Hall–Kier alpha value is -0.0800. The van der Waals surface area contributed by atoms with E-state index in [4.69, 9.17) is 5.11 Å². The minimum atomic E-state index is -0.120. The summed E-state index contributed by atoms with van der Waals surface area (Å²) in [6.07, 6.45) is 6.05. The van der Waals surface area contributed by atoms with Crippen molar-refractivity contribution in [2.24, 2.45) is 5.92 Å². The third kappa shape index (κ3) is 8.26.